The van der Waals surface area contributed by atoms with Gasteiger partial charge in [0.2, 0.25) is 5.91 Å². The van der Waals surface area contributed by atoms with Gasteiger partial charge in [-0.2, -0.15) is 5.26 Å². The number of piperidine rings is 1. The molecule has 0 saturated carbocycles. The first-order chi connectivity index (χ1) is 15.6. The van der Waals surface area contributed by atoms with Crippen molar-refractivity contribution in [2.24, 2.45) is 11.1 Å². The van der Waals surface area contributed by atoms with Crippen LogP contribution in [-0.4, -0.2) is 77.3 Å². The summed E-state index contributed by atoms with van der Waals surface area (Å²) in [5.41, 5.74) is 1.48. The number of carbonyl (C=O) groups excluding carboxylic acids is 1. The average Bonchev–Trinajstić information content (AvgIpc) is 3.21. The predicted octanol–water partition coefficient (Wildman–Crippen LogP) is 2.83. The van der Waals surface area contributed by atoms with Gasteiger partial charge < -0.3 is 19.9 Å². The van der Waals surface area contributed by atoms with Gasteiger partial charge in [-0.05, 0) is 57.1 Å². The van der Waals surface area contributed by atoms with E-state index < -0.39 is 0 Å². The lowest BCUT2D eigenvalue weighted by Gasteiger charge is -2.37. The van der Waals surface area contributed by atoms with Crippen molar-refractivity contribution in [1.29, 1.82) is 5.26 Å². The molecule has 1 aromatic carbocycles. The number of oxime groups is 1. The Morgan fingerprint density at radius 2 is 1.88 bits per heavy atom. The van der Waals surface area contributed by atoms with E-state index in [-0.39, 0.29) is 23.3 Å². The molecule has 0 bridgehead atoms. The summed E-state index contributed by atoms with van der Waals surface area (Å²) in [5, 5.41) is 22.7. The van der Waals surface area contributed by atoms with E-state index in [4.69, 9.17) is 0 Å². The molecule has 2 unspecified atom stereocenters. The maximum absolute atomic E-state index is 12.9. The number of nitrogens with zero attached hydrogens (tertiary/aromatic N) is 5. The quantitative estimate of drug-likeness (QED) is 0.422. The number of likely N-dealkylation sites (N-methyl/N-ethyl adjacent to an activating group) is 1. The van der Waals surface area contributed by atoms with Crippen molar-refractivity contribution >= 4 is 11.6 Å². The number of rotatable bonds is 6. The van der Waals surface area contributed by atoms with Gasteiger partial charge in [-0.15, -0.1) is 0 Å². The fraction of sp³-hybridized carbons (Fsp3) is 0.560. The average molecular weight is 436 g/mol. The highest BCUT2D eigenvalue weighted by molar-refractivity contribution is 5.97. The van der Waals surface area contributed by atoms with Gasteiger partial charge in [-0.1, -0.05) is 41.6 Å². The standard InChI is InChI=1S/C25H33N5O2/c1-28-15-10-22(27-32)21-9-16-30(23(21)24(28)31)14-6-5-13-29-17-11-25(19-26,12-18-29)20-7-3-2-4-8-20/h2-4,7-9,16,21,23,32H,5-6,10-15,17-18H2,1H3/b27-22-. The van der Waals surface area contributed by atoms with Crippen LogP contribution in [0.3, 0.4) is 0 Å². The molecule has 1 N–H and O–H groups in total. The number of hydrogen-bond donors (Lipinski definition) is 1. The van der Waals surface area contributed by atoms with Crippen molar-refractivity contribution < 1.29 is 10.0 Å². The Bertz CT molecular complexity index is 899. The number of unbranched alkanes of at least 4 members (excludes halogenated alkanes) is 1. The molecule has 3 heterocycles. The molecule has 3 aliphatic heterocycles. The van der Waals surface area contributed by atoms with Crippen molar-refractivity contribution in [1.82, 2.24) is 14.7 Å². The van der Waals surface area contributed by atoms with Crippen LogP contribution < -0.4 is 0 Å². The Morgan fingerprint density at radius 1 is 1.16 bits per heavy atom. The number of nitriles is 1. The zero-order valence-electron chi connectivity index (χ0n) is 18.9. The van der Waals surface area contributed by atoms with E-state index in [1.165, 1.54) is 0 Å². The first-order valence-corrected chi connectivity index (χ1v) is 11.7. The molecule has 170 valence electrons. The molecule has 2 fully saturated rings. The van der Waals surface area contributed by atoms with Crippen LogP contribution in [0.2, 0.25) is 0 Å². The number of carbonyl (C=O) groups is 1. The summed E-state index contributed by atoms with van der Waals surface area (Å²) in [5.74, 6) is -0.0277. The molecule has 7 heteroatoms. The van der Waals surface area contributed by atoms with Crippen LogP contribution in [0.5, 0.6) is 0 Å². The second-order valence-corrected chi connectivity index (χ2v) is 9.26. The van der Waals surface area contributed by atoms with E-state index >= 15 is 0 Å². The van der Waals surface area contributed by atoms with Gasteiger partial charge >= 0.3 is 0 Å². The summed E-state index contributed by atoms with van der Waals surface area (Å²) in [6.07, 6.45) is 8.41. The molecule has 1 aromatic rings. The Labute approximate surface area is 190 Å². The third-order valence-electron chi connectivity index (χ3n) is 7.42. The lowest BCUT2D eigenvalue weighted by molar-refractivity contribution is -0.134. The van der Waals surface area contributed by atoms with Crippen LogP contribution in [0.15, 0.2) is 47.8 Å². The highest BCUT2D eigenvalue weighted by Crippen LogP contribution is 2.35. The molecular weight excluding hydrogens is 402 g/mol. The third-order valence-corrected chi connectivity index (χ3v) is 7.42. The summed E-state index contributed by atoms with van der Waals surface area (Å²) in [6.45, 7) is 4.30. The molecule has 2 saturated heterocycles. The fourth-order valence-electron chi connectivity index (χ4n) is 5.32. The van der Waals surface area contributed by atoms with E-state index in [1.807, 2.05) is 37.5 Å². The van der Waals surface area contributed by atoms with Gasteiger partial charge in [0.25, 0.3) is 0 Å². The molecule has 0 spiro atoms. The summed E-state index contributed by atoms with van der Waals surface area (Å²) in [7, 11) is 1.82. The second kappa shape index (κ2) is 9.74. The molecule has 4 rings (SSSR count). The first-order valence-electron chi connectivity index (χ1n) is 11.7. The molecule has 7 nitrogen and oxygen atoms in total. The Kier molecular flexibility index (Phi) is 6.80. The number of benzene rings is 1. The van der Waals surface area contributed by atoms with Gasteiger partial charge in [0.05, 0.1) is 17.2 Å². The van der Waals surface area contributed by atoms with Gasteiger partial charge in [0.15, 0.2) is 0 Å². The lowest BCUT2D eigenvalue weighted by Crippen LogP contribution is -2.46. The minimum Gasteiger partial charge on any atom is -0.411 e. The molecule has 32 heavy (non-hydrogen) atoms. The third kappa shape index (κ3) is 4.37. The Balaban J connectivity index is 1.25. The zero-order valence-corrected chi connectivity index (χ0v) is 18.9. The van der Waals surface area contributed by atoms with E-state index in [1.54, 1.807) is 4.90 Å². The van der Waals surface area contributed by atoms with Crippen molar-refractivity contribution in [2.45, 2.75) is 43.6 Å². The van der Waals surface area contributed by atoms with E-state index in [0.29, 0.717) is 18.7 Å². The fourth-order valence-corrected chi connectivity index (χ4v) is 5.32. The molecule has 0 aliphatic carbocycles. The topological polar surface area (TPSA) is 83.2 Å². The van der Waals surface area contributed by atoms with E-state index in [9.17, 15) is 15.3 Å². The molecule has 3 aliphatic rings. The number of hydrogen-bond acceptors (Lipinski definition) is 6. The molecule has 1 amide bonds. The summed E-state index contributed by atoms with van der Waals surface area (Å²) >= 11 is 0. The summed E-state index contributed by atoms with van der Waals surface area (Å²) in [4.78, 5) is 19.2. The van der Waals surface area contributed by atoms with Crippen LogP contribution in [0.4, 0.5) is 0 Å². The maximum atomic E-state index is 12.9. The summed E-state index contributed by atoms with van der Waals surface area (Å²) in [6, 6.07) is 12.5. The van der Waals surface area contributed by atoms with Gasteiger partial charge in [0, 0.05) is 32.5 Å². The summed E-state index contributed by atoms with van der Waals surface area (Å²) < 4.78 is 0. The number of likely N-dealkylation sites (tertiary alicyclic amines) is 2. The number of fused-ring (bicyclic) bond motifs is 1. The minimum absolute atomic E-state index is 0.100. The van der Waals surface area contributed by atoms with E-state index in [2.05, 4.69) is 33.2 Å². The first kappa shape index (κ1) is 22.3. The van der Waals surface area contributed by atoms with Crippen LogP contribution in [0.25, 0.3) is 0 Å². The molecule has 2 atom stereocenters. The Hall–Kier alpha value is -2.85. The largest absolute Gasteiger partial charge is 0.411 e. The van der Waals surface area contributed by atoms with Gasteiger partial charge in [0.1, 0.15) is 6.04 Å². The Morgan fingerprint density at radius 3 is 2.56 bits per heavy atom. The van der Waals surface area contributed by atoms with Crippen molar-refractivity contribution in [3.8, 4) is 6.07 Å². The monoisotopic (exact) mass is 435 g/mol. The minimum atomic E-state index is -0.356. The predicted molar refractivity (Wildman–Crippen MR) is 123 cm³/mol. The van der Waals surface area contributed by atoms with Gasteiger partial charge in [-0.25, -0.2) is 0 Å². The van der Waals surface area contributed by atoms with Crippen LogP contribution in [-0.2, 0) is 10.2 Å². The highest BCUT2D eigenvalue weighted by atomic mass is 16.4. The SMILES string of the molecule is CN1CC/C(=N/O)C2C=CN(CCCCN3CCC(C#N)(c4ccccc4)CC3)C2C1=O. The van der Waals surface area contributed by atoms with Crippen molar-refractivity contribution in [3.63, 3.8) is 0 Å². The lowest BCUT2D eigenvalue weighted by atomic mass is 9.74. The molecular formula is C25H33N5O2. The van der Waals surface area contributed by atoms with Crippen LogP contribution in [0, 0.1) is 17.2 Å². The van der Waals surface area contributed by atoms with Crippen LogP contribution >= 0.6 is 0 Å². The smallest absolute Gasteiger partial charge is 0.246 e. The maximum Gasteiger partial charge on any atom is 0.246 e. The van der Waals surface area contributed by atoms with Crippen molar-refractivity contribution in [2.75, 3.05) is 39.8 Å². The number of amides is 1. The molecule has 0 aromatic heterocycles. The normalized spacial score (nSPS) is 26.8. The molecule has 0 radical (unpaired) electrons. The van der Waals surface area contributed by atoms with E-state index in [0.717, 1.165) is 57.4 Å². The zero-order chi connectivity index (χ0) is 22.6. The second-order valence-electron chi connectivity index (χ2n) is 9.26. The highest BCUT2D eigenvalue weighted by Gasteiger charge is 2.42. The van der Waals surface area contributed by atoms with Crippen molar-refractivity contribution in [3.05, 3.63) is 48.2 Å². The van der Waals surface area contributed by atoms with Gasteiger partial charge in [-0.3, -0.25) is 4.79 Å². The van der Waals surface area contributed by atoms with Crippen LogP contribution in [0.1, 0.15) is 37.7 Å².